The lowest BCUT2D eigenvalue weighted by Crippen LogP contribution is -2.21. The van der Waals surface area contributed by atoms with E-state index in [0.29, 0.717) is 12.0 Å². The van der Waals surface area contributed by atoms with E-state index in [1.165, 1.54) is 11.1 Å². The molecule has 3 heteroatoms. The molecular formula is C16H28N2O. The Morgan fingerprint density at radius 1 is 1.26 bits per heavy atom. The third kappa shape index (κ3) is 4.22. The molecule has 108 valence electrons. The molecule has 0 aromatic heterocycles. The van der Waals surface area contributed by atoms with Crippen molar-refractivity contribution < 1.29 is 4.74 Å². The first-order valence-corrected chi connectivity index (χ1v) is 7.05. The van der Waals surface area contributed by atoms with Crippen LogP contribution in [-0.4, -0.2) is 32.6 Å². The molecule has 1 aromatic carbocycles. The topological polar surface area (TPSA) is 38.5 Å². The minimum atomic E-state index is 0.361. The van der Waals surface area contributed by atoms with Gasteiger partial charge in [0.2, 0.25) is 0 Å². The van der Waals surface area contributed by atoms with E-state index in [2.05, 4.69) is 51.0 Å². The van der Waals surface area contributed by atoms with Crippen LogP contribution in [-0.2, 0) is 0 Å². The van der Waals surface area contributed by atoms with E-state index in [9.17, 15) is 0 Å². The summed E-state index contributed by atoms with van der Waals surface area (Å²) < 4.78 is 5.59. The second-order valence-corrected chi connectivity index (χ2v) is 5.57. The van der Waals surface area contributed by atoms with E-state index < -0.39 is 0 Å². The molecular weight excluding hydrogens is 236 g/mol. The average molecular weight is 264 g/mol. The third-order valence-electron chi connectivity index (χ3n) is 3.59. The lowest BCUT2D eigenvalue weighted by Gasteiger charge is -2.27. The number of nitrogens with zero attached hydrogens (tertiary/aromatic N) is 1. The fourth-order valence-electron chi connectivity index (χ4n) is 2.37. The fourth-order valence-corrected chi connectivity index (χ4v) is 2.37. The number of hydrogen-bond donors (Lipinski definition) is 1. The predicted molar refractivity (Wildman–Crippen MR) is 81.8 cm³/mol. The van der Waals surface area contributed by atoms with Gasteiger partial charge in [0.15, 0.2) is 0 Å². The van der Waals surface area contributed by atoms with Gasteiger partial charge in [0, 0.05) is 11.6 Å². The van der Waals surface area contributed by atoms with Gasteiger partial charge in [-0.3, -0.25) is 0 Å². The monoisotopic (exact) mass is 264 g/mol. The van der Waals surface area contributed by atoms with Crippen LogP contribution in [0.15, 0.2) is 18.2 Å². The van der Waals surface area contributed by atoms with Crippen molar-refractivity contribution in [3.63, 3.8) is 0 Å². The SMILES string of the molecule is COc1cc(C(C)C)ccc1C(CCCN)N(C)C. The van der Waals surface area contributed by atoms with Gasteiger partial charge in [0.25, 0.3) is 0 Å². The molecule has 0 bridgehead atoms. The Morgan fingerprint density at radius 3 is 2.42 bits per heavy atom. The number of benzene rings is 1. The van der Waals surface area contributed by atoms with Gasteiger partial charge in [-0.2, -0.15) is 0 Å². The van der Waals surface area contributed by atoms with Crippen molar-refractivity contribution in [1.82, 2.24) is 4.90 Å². The van der Waals surface area contributed by atoms with E-state index in [-0.39, 0.29) is 0 Å². The van der Waals surface area contributed by atoms with Crippen molar-refractivity contribution >= 4 is 0 Å². The summed E-state index contributed by atoms with van der Waals surface area (Å²) in [6.07, 6.45) is 2.08. The van der Waals surface area contributed by atoms with Gasteiger partial charge >= 0.3 is 0 Å². The molecule has 19 heavy (non-hydrogen) atoms. The van der Waals surface area contributed by atoms with Gasteiger partial charge in [-0.05, 0) is 51.0 Å². The number of hydrogen-bond acceptors (Lipinski definition) is 3. The largest absolute Gasteiger partial charge is 0.496 e. The van der Waals surface area contributed by atoms with Crippen molar-refractivity contribution in [2.45, 2.75) is 38.6 Å². The van der Waals surface area contributed by atoms with Gasteiger partial charge in [-0.25, -0.2) is 0 Å². The lowest BCUT2D eigenvalue weighted by molar-refractivity contribution is 0.271. The maximum Gasteiger partial charge on any atom is 0.123 e. The van der Waals surface area contributed by atoms with Gasteiger partial charge < -0.3 is 15.4 Å². The molecule has 0 amide bonds. The summed E-state index contributed by atoms with van der Waals surface area (Å²) in [5, 5.41) is 0. The normalized spacial score (nSPS) is 13.1. The van der Waals surface area contributed by atoms with Crippen LogP contribution >= 0.6 is 0 Å². The fraction of sp³-hybridized carbons (Fsp3) is 0.625. The minimum Gasteiger partial charge on any atom is -0.496 e. The average Bonchev–Trinajstić information content (AvgIpc) is 2.38. The van der Waals surface area contributed by atoms with Gasteiger partial charge in [-0.15, -0.1) is 0 Å². The van der Waals surface area contributed by atoms with E-state index in [1.54, 1.807) is 7.11 Å². The van der Waals surface area contributed by atoms with Crippen LogP contribution in [0.1, 0.15) is 49.8 Å². The van der Waals surface area contributed by atoms with Gasteiger partial charge in [-0.1, -0.05) is 26.0 Å². The lowest BCUT2D eigenvalue weighted by atomic mass is 9.95. The number of nitrogens with two attached hydrogens (primary N) is 1. The first-order chi connectivity index (χ1) is 9.01. The van der Waals surface area contributed by atoms with E-state index >= 15 is 0 Å². The highest BCUT2D eigenvalue weighted by Gasteiger charge is 2.18. The van der Waals surface area contributed by atoms with Crippen molar-refractivity contribution in [3.8, 4) is 5.75 Å². The van der Waals surface area contributed by atoms with Crippen LogP contribution in [0.4, 0.5) is 0 Å². The quantitative estimate of drug-likeness (QED) is 0.822. The second-order valence-electron chi connectivity index (χ2n) is 5.57. The number of ether oxygens (including phenoxy) is 1. The summed E-state index contributed by atoms with van der Waals surface area (Å²) in [7, 11) is 5.96. The number of rotatable bonds is 7. The van der Waals surface area contributed by atoms with Gasteiger partial charge in [0.1, 0.15) is 5.75 Å². The molecule has 1 atom stereocenters. The van der Waals surface area contributed by atoms with Crippen molar-refractivity contribution in [2.75, 3.05) is 27.7 Å². The first-order valence-electron chi connectivity index (χ1n) is 7.05. The molecule has 3 nitrogen and oxygen atoms in total. The van der Waals surface area contributed by atoms with Crippen molar-refractivity contribution in [2.24, 2.45) is 5.73 Å². The summed E-state index contributed by atoms with van der Waals surface area (Å²) in [4.78, 5) is 2.24. The molecule has 0 saturated heterocycles. The zero-order valence-corrected chi connectivity index (χ0v) is 12.9. The van der Waals surface area contributed by atoms with Crippen LogP contribution in [0.2, 0.25) is 0 Å². The molecule has 2 N–H and O–H groups in total. The molecule has 0 aliphatic carbocycles. The molecule has 0 spiro atoms. The zero-order chi connectivity index (χ0) is 14.4. The smallest absolute Gasteiger partial charge is 0.123 e. The number of methoxy groups -OCH3 is 1. The Labute approximate surface area is 117 Å². The summed E-state index contributed by atoms with van der Waals surface area (Å²) in [6, 6.07) is 6.94. The van der Waals surface area contributed by atoms with E-state index in [1.807, 2.05) is 0 Å². The molecule has 0 aliphatic rings. The zero-order valence-electron chi connectivity index (χ0n) is 12.9. The van der Waals surface area contributed by atoms with Crippen LogP contribution in [0.5, 0.6) is 5.75 Å². The molecule has 1 rings (SSSR count). The molecule has 0 heterocycles. The summed E-state index contributed by atoms with van der Waals surface area (Å²) in [5.41, 5.74) is 8.21. The molecule has 0 radical (unpaired) electrons. The minimum absolute atomic E-state index is 0.361. The van der Waals surface area contributed by atoms with Crippen LogP contribution in [0, 0.1) is 0 Å². The second kappa shape index (κ2) is 7.51. The van der Waals surface area contributed by atoms with Crippen molar-refractivity contribution in [1.29, 1.82) is 0 Å². The van der Waals surface area contributed by atoms with Crippen molar-refractivity contribution in [3.05, 3.63) is 29.3 Å². The molecule has 0 fully saturated rings. The summed E-state index contributed by atoms with van der Waals surface area (Å²) in [6.45, 7) is 5.13. The summed E-state index contributed by atoms with van der Waals surface area (Å²) >= 11 is 0. The Morgan fingerprint density at radius 2 is 1.95 bits per heavy atom. The van der Waals surface area contributed by atoms with Gasteiger partial charge in [0.05, 0.1) is 7.11 Å². The molecule has 1 aromatic rings. The predicted octanol–water partition coefficient (Wildman–Crippen LogP) is 3.16. The Bertz CT molecular complexity index is 388. The summed E-state index contributed by atoms with van der Waals surface area (Å²) in [5.74, 6) is 1.51. The van der Waals surface area contributed by atoms with Crippen LogP contribution in [0.25, 0.3) is 0 Å². The van der Waals surface area contributed by atoms with Crippen LogP contribution < -0.4 is 10.5 Å². The standard InChI is InChI=1S/C16H28N2O/c1-12(2)13-8-9-14(16(11-13)19-5)15(18(3)4)7-6-10-17/h8-9,11-12,15H,6-7,10,17H2,1-5H3. The molecule has 0 saturated carbocycles. The van der Waals surface area contributed by atoms with Crippen LogP contribution in [0.3, 0.4) is 0 Å². The highest BCUT2D eigenvalue weighted by Crippen LogP contribution is 2.33. The Kier molecular flexibility index (Phi) is 6.32. The maximum absolute atomic E-state index is 5.64. The Balaban J connectivity index is 3.08. The highest BCUT2D eigenvalue weighted by atomic mass is 16.5. The van der Waals surface area contributed by atoms with E-state index in [4.69, 9.17) is 10.5 Å². The molecule has 0 aliphatic heterocycles. The third-order valence-corrected chi connectivity index (χ3v) is 3.59. The van der Waals surface area contributed by atoms with E-state index in [0.717, 1.165) is 25.1 Å². The maximum atomic E-state index is 5.64. The Hall–Kier alpha value is -1.06. The molecule has 1 unspecified atom stereocenters. The first kappa shape index (κ1) is 16.0. The highest BCUT2D eigenvalue weighted by molar-refractivity contribution is 5.40.